The van der Waals surface area contributed by atoms with E-state index in [4.69, 9.17) is 4.74 Å². The van der Waals surface area contributed by atoms with Crippen molar-refractivity contribution in [3.63, 3.8) is 0 Å². The highest BCUT2D eigenvalue weighted by Crippen LogP contribution is 2.22. The molecule has 0 aromatic heterocycles. The average Bonchev–Trinajstić information content (AvgIpc) is 2.45. The number of rotatable bonds is 6. The van der Waals surface area contributed by atoms with E-state index in [2.05, 4.69) is 29.6 Å². The van der Waals surface area contributed by atoms with E-state index in [1.807, 2.05) is 26.0 Å². The van der Waals surface area contributed by atoms with E-state index in [1.165, 1.54) is 16.7 Å². The zero-order chi connectivity index (χ0) is 15.2. The number of hydrogen-bond acceptors (Lipinski definition) is 3. The van der Waals surface area contributed by atoms with E-state index in [0.29, 0.717) is 12.4 Å². The summed E-state index contributed by atoms with van der Waals surface area (Å²) >= 11 is 0. The molecule has 0 amide bonds. The summed E-state index contributed by atoms with van der Waals surface area (Å²) in [5.74, 6) is 0.394. The van der Waals surface area contributed by atoms with Gasteiger partial charge in [0.25, 0.3) is 0 Å². The molecule has 2 rings (SSSR count). The van der Waals surface area contributed by atoms with Crippen molar-refractivity contribution in [2.45, 2.75) is 33.5 Å². The minimum absolute atomic E-state index is 0.394. The van der Waals surface area contributed by atoms with Crippen LogP contribution in [0, 0.1) is 13.8 Å². The van der Waals surface area contributed by atoms with Crippen molar-refractivity contribution in [3.8, 4) is 5.75 Å². The lowest BCUT2D eigenvalue weighted by molar-refractivity contribution is 0.185. The second kappa shape index (κ2) is 7.25. The summed E-state index contributed by atoms with van der Waals surface area (Å²) in [7, 11) is 1.71. The minimum Gasteiger partial charge on any atom is -0.507 e. The number of hydrogen-bond donors (Lipinski definition) is 2. The Labute approximate surface area is 126 Å². The van der Waals surface area contributed by atoms with E-state index < -0.39 is 0 Å². The van der Waals surface area contributed by atoms with Crippen molar-refractivity contribution in [3.05, 3.63) is 64.2 Å². The lowest BCUT2D eigenvalue weighted by atomic mass is 10.1. The quantitative estimate of drug-likeness (QED) is 0.854. The van der Waals surface area contributed by atoms with Crippen LogP contribution in [0.1, 0.15) is 27.8 Å². The van der Waals surface area contributed by atoms with Gasteiger partial charge in [-0.25, -0.2) is 0 Å². The van der Waals surface area contributed by atoms with Crippen molar-refractivity contribution in [2.24, 2.45) is 0 Å². The topological polar surface area (TPSA) is 41.5 Å². The van der Waals surface area contributed by atoms with Crippen LogP contribution in [-0.4, -0.2) is 12.2 Å². The Hall–Kier alpha value is -1.84. The molecule has 0 saturated heterocycles. The van der Waals surface area contributed by atoms with Crippen LogP contribution < -0.4 is 5.32 Å². The van der Waals surface area contributed by atoms with Gasteiger partial charge in [0.2, 0.25) is 0 Å². The normalized spacial score (nSPS) is 10.8. The van der Waals surface area contributed by atoms with Gasteiger partial charge < -0.3 is 15.2 Å². The zero-order valence-corrected chi connectivity index (χ0v) is 12.9. The lowest BCUT2D eigenvalue weighted by Crippen LogP contribution is -2.13. The largest absolute Gasteiger partial charge is 0.507 e. The summed E-state index contributed by atoms with van der Waals surface area (Å²) in [5.41, 5.74) is 5.48. The molecular weight excluding hydrogens is 262 g/mol. The number of aryl methyl sites for hydroxylation is 2. The summed E-state index contributed by atoms with van der Waals surface area (Å²) in [6, 6.07) is 12.4. The second-order valence-electron chi connectivity index (χ2n) is 5.43. The van der Waals surface area contributed by atoms with Gasteiger partial charge in [-0.3, -0.25) is 0 Å². The fraction of sp³-hybridized carbons (Fsp3) is 0.333. The van der Waals surface area contributed by atoms with Crippen molar-refractivity contribution < 1.29 is 9.84 Å². The molecule has 0 radical (unpaired) electrons. The number of ether oxygens (including phenoxy) is 1. The van der Waals surface area contributed by atoms with E-state index in [-0.39, 0.29) is 0 Å². The number of phenols is 1. The van der Waals surface area contributed by atoms with E-state index >= 15 is 0 Å². The molecule has 0 aliphatic carbocycles. The number of methoxy groups -OCH3 is 1. The third kappa shape index (κ3) is 4.31. The third-order valence-electron chi connectivity index (χ3n) is 3.51. The fourth-order valence-corrected chi connectivity index (χ4v) is 2.49. The average molecular weight is 285 g/mol. The molecular formula is C18H23NO2. The molecule has 112 valence electrons. The van der Waals surface area contributed by atoms with E-state index in [9.17, 15) is 5.11 Å². The first-order valence-electron chi connectivity index (χ1n) is 7.16. The SMILES string of the molecule is COCc1cccc(CNCc2cc(C)c(O)c(C)c2)c1. The van der Waals surface area contributed by atoms with Gasteiger partial charge in [0, 0.05) is 20.2 Å². The fourth-order valence-electron chi connectivity index (χ4n) is 2.49. The summed E-state index contributed by atoms with van der Waals surface area (Å²) in [6.07, 6.45) is 0. The molecule has 0 heterocycles. The minimum atomic E-state index is 0.394. The van der Waals surface area contributed by atoms with Gasteiger partial charge in [0.05, 0.1) is 6.61 Å². The van der Waals surface area contributed by atoms with Crippen molar-refractivity contribution in [1.82, 2.24) is 5.32 Å². The molecule has 2 N–H and O–H groups in total. The molecule has 3 heteroatoms. The number of nitrogens with one attached hydrogen (secondary N) is 1. The monoisotopic (exact) mass is 285 g/mol. The molecule has 0 aliphatic heterocycles. The van der Waals surface area contributed by atoms with Gasteiger partial charge in [0.1, 0.15) is 5.75 Å². The molecule has 0 atom stereocenters. The maximum Gasteiger partial charge on any atom is 0.121 e. The van der Waals surface area contributed by atoms with Crippen LogP contribution in [0.25, 0.3) is 0 Å². The van der Waals surface area contributed by atoms with Crippen LogP contribution in [0.4, 0.5) is 0 Å². The van der Waals surface area contributed by atoms with Crippen LogP contribution in [0.5, 0.6) is 5.75 Å². The highest BCUT2D eigenvalue weighted by Gasteiger charge is 2.03. The summed E-state index contributed by atoms with van der Waals surface area (Å²) in [6.45, 7) is 6.11. The van der Waals surface area contributed by atoms with E-state index in [1.54, 1.807) is 7.11 Å². The van der Waals surface area contributed by atoms with Gasteiger partial charge in [-0.1, -0.05) is 36.4 Å². The maximum absolute atomic E-state index is 9.78. The van der Waals surface area contributed by atoms with Crippen LogP contribution in [-0.2, 0) is 24.4 Å². The lowest BCUT2D eigenvalue weighted by Gasteiger charge is -2.10. The van der Waals surface area contributed by atoms with Crippen molar-refractivity contribution in [1.29, 1.82) is 0 Å². The Bertz CT molecular complexity index is 585. The molecule has 0 bridgehead atoms. The highest BCUT2D eigenvalue weighted by atomic mass is 16.5. The molecule has 0 fully saturated rings. The summed E-state index contributed by atoms with van der Waals surface area (Å²) < 4.78 is 5.15. The highest BCUT2D eigenvalue weighted by molar-refractivity contribution is 5.42. The van der Waals surface area contributed by atoms with Gasteiger partial charge in [-0.15, -0.1) is 0 Å². The van der Waals surface area contributed by atoms with E-state index in [0.717, 1.165) is 24.2 Å². The summed E-state index contributed by atoms with van der Waals surface area (Å²) in [5, 5.41) is 13.2. The van der Waals surface area contributed by atoms with Gasteiger partial charge in [-0.05, 0) is 41.7 Å². The molecule has 0 spiro atoms. The molecule has 21 heavy (non-hydrogen) atoms. The molecule has 2 aromatic rings. The standard InChI is InChI=1S/C18H23NO2/c1-13-7-17(8-14(2)18(13)20)11-19-10-15-5-4-6-16(9-15)12-21-3/h4-9,19-20H,10-12H2,1-3H3. The number of benzene rings is 2. The van der Waals surface area contributed by atoms with Crippen LogP contribution in [0.15, 0.2) is 36.4 Å². The van der Waals surface area contributed by atoms with Gasteiger partial charge >= 0.3 is 0 Å². The van der Waals surface area contributed by atoms with Crippen molar-refractivity contribution >= 4 is 0 Å². The molecule has 2 aromatic carbocycles. The third-order valence-corrected chi connectivity index (χ3v) is 3.51. The first-order valence-corrected chi connectivity index (χ1v) is 7.16. The van der Waals surface area contributed by atoms with Crippen LogP contribution in [0.2, 0.25) is 0 Å². The smallest absolute Gasteiger partial charge is 0.121 e. The number of phenolic OH excluding ortho intramolecular Hbond substituents is 1. The summed E-state index contributed by atoms with van der Waals surface area (Å²) in [4.78, 5) is 0. The molecule has 0 aliphatic rings. The Kier molecular flexibility index (Phi) is 5.37. The zero-order valence-electron chi connectivity index (χ0n) is 12.9. The molecule has 0 unspecified atom stereocenters. The van der Waals surface area contributed by atoms with Gasteiger partial charge in [-0.2, -0.15) is 0 Å². The van der Waals surface area contributed by atoms with Crippen LogP contribution >= 0.6 is 0 Å². The first kappa shape index (κ1) is 15.5. The molecule has 0 saturated carbocycles. The van der Waals surface area contributed by atoms with Crippen molar-refractivity contribution in [2.75, 3.05) is 7.11 Å². The Morgan fingerprint density at radius 1 is 0.952 bits per heavy atom. The van der Waals surface area contributed by atoms with Gasteiger partial charge in [0.15, 0.2) is 0 Å². The molecule has 3 nitrogen and oxygen atoms in total. The predicted octanol–water partition coefficient (Wildman–Crippen LogP) is 3.45. The Balaban J connectivity index is 1.94. The Morgan fingerprint density at radius 2 is 1.57 bits per heavy atom. The number of aromatic hydroxyl groups is 1. The maximum atomic E-state index is 9.78. The first-order chi connectivity index (χ1) is 10.1. The predicted molar refractivity (Wildman–Crippen MR) is 85.3 cm³/mol. The second-order valence-corrected chi connectivity index (χ2v) is 5.43. The Morgan fingerprint density at radius 3 is 2.24 bits per heavy atom. The van der Waals surface area contributed by atoms with Crippen LogP contribution in [0.3, 0.4) is 0 Å².